The summed E-state index contributed by atoms with van der Waals surface area (Å²) in [5.74, 6) is 1.83. The summed E-state index contributed by atoms with van der Waals surface area (Å²) < 4.78 is 0. The number of aliphatic hydroxyl groups excluding tert-OH is 1. The van der Waals surface area contributed by atoms with E-state index >= 15 is 0 Å². The van der Waals surface area contributed by atoms with Gasteiger partial charge in [0.15, 0.2) is 0 Å². The molecular formula is C10H22N2O2S. The van der Waals surface area contributed by atoms with Crippen LogP contribution in [0.15, 0.2) is 0 Å². The summed E-state index contributed by atoms with van der Waals surface area (Å²) in [6.07, 6.45) is 0.818. The van der Waals surface area contributed by atoms with Crippen LogP contribution in [0.25, 0.3) is 0 Å². The third kappa shape index (κ3) is 11.5. The molecule has 0 saturated heterocycles. The van der Waals surface area contributed by atoms with E-state index in [0.29, 0.717) is 6.54 Å². The molecule has 90 valence electrons. The standard InChI is InChI=1S/C10H22N2O2S/c1-10(2,3)12-9(14)11-5-8-15-7-4-6-13/h13H,4-8H2,1-3H3,(H2,11,12,14). The Morgan fingerprint density at radius 1 is 1.33 bits per heavy atom. The topological polar surface area (TPSA) is 61.4 Å². The van der Waals surface area contributed by atoms with Crippen molar-refractivity contribution in [1.82, 2.24) is 10.6 Å². The molecule has 0 spiro atoms. The fraction of sp³-hybridized carbons (Fsp3) is 0.900. The van der Waals surface area contributed by atoms with Gasteiger partial charge in [-0.25, -0.2) is 4.79 Å². The number of thioether (sulfide) groups is 1. The van der Waals surface area contributed by atoms with E-state index in [1.807, 2.05) is 20.8 Å². The van der Waals surface area contributed by atoms with Crippen LogP contribution in [0.3, 0.4) is 0 Å². The van der Waals surface area contributed by atoms with Crippen LogP contribution >= 0.6 is 11.8 Å². The lowest BCUT2D eigenvalue weighted by atomic mass is 10.1. The van der Waals surface area contributed by atoms with E-state index < -0.39 is 0 Å². The quantitative estimate of drug-likeness (QED) is 0.605. The van der Waals surface area contributed by atoms with Crippen molar-refractivity contribution in [3.63, 3.8) is 0 Å². The predicted octanol–water partition coefficient (Wildman–Crippen LogP) is 1.20. The molecule has 4 nitrogen and oxygen atoms in total. The van der Waals surface area contributed by atoms with Crippen LogP contribution < -0.4 is 10.6 Å². The summed E-state index contributed by atoms with van der Waals surface area (Å²) in [5, 5.41) is 14.2. The molecule has 0 aliphatic carbocycles. The summed E-state index contributed by atoms with van der Waals surface area (Å²) >= 11 is 1.74. The number of urea groups is 1. The highest BCUT2D eigenvalue weighted by molar-refractivity contribution is 7.99. The average Bonchev–Trinajstić information content (AvgIpc) is 2.08. The maximum absolute atomic E-state index is 11.3. The number of hydrogen-bond acceptors (Lipinski definition) is 3. The summed E-state index contributed by atoms with van der Waals surface area (Å²) in [6.45, 7) is 6.75. The fourth-order valence-electron chi connectivity index (χ4n) is 0.890. The van der Waals surface area contributed by atoms with Gasteiger partial charge in [0.05, 0.1) is 0 Å². The SMILES string of the molecule is CC(C)(C)NC(=O)NCCSCCCO. The minimum absolute atomic E-state index is 0.120. The molecule has 0 aliphatic heterocycles. The van der Waals surface area contributed by atoms with Crippen molar-refractivity contribution in [3.05, 3.63) is 0 Å². The van der Waals surface area contributed by atoms with Crippen LogP contribution in [-0.2, 0) is 0 Å². The Kier molecular flexibility index (Phi) is 7.60. The number of amides is 2. The molecule has 0 aliphatic rings. The Hall–Kier alpha value is -0.420. The minimum Gasteiger partial charge on any atom is -0.396 e. The van der Waals surface area contributed by atoms with Gasteiger partial charge in [0, 0.05) is 24.4 Å². The Balaban J connectivity index is 3.32. The van der Waals surface area contributed by atoms with Crippen molar-refractivity contribution < 1.29 is 9.90 Å². The summed E-state index contributed by atoms with van der Waals surface area (Å²) in [4.78, 5) is 11.3. The average molecular weight is 234 g/mol. The molecule has 0 aromatic heterocycles. The third-order valence-corrected chi connectivity index (χ3v) is 2.54. The molecule has 0 atom stereocenters. The minimum atomic E-state index is -0.186. The first-order valence-corrected chi connectivity index (χ1v) is 6.36. The largest absolute Gasteiger partial charge is 0.396 e. The molecule has 0 unspecified atom stereocenters. The van der Waals surface area contributed by atoms with E-state index in [-0.39, 0.29) is 18.2 Å². The van der Waals surface area contributed by atoms with Gasteiger partial charge in [0.1, 0.15) is 0 Å². The number of rotatable bonds is 6. The molecule has 0 rings (SSSR count). The van der Waals surface area contributed by atoms with E-state index in [1.54, 1.807) is 11.8 Å². The Morgan fingerprint density at radius 2 is 2.00 bits per heavy atom. The van der Waals surface area contributed by atoms with E-state index in [1.165, 1.54) is 0 Å². The van der Waals surface area contributed by atoms with Gasteiger partial charge in [-0.2, -0.15) is 11.8 Å². The van der Waals surface area contributed by atoms with Crippen molar-refractivity contribution in [2.24, 2.45) is 0 Å². The van der Waals surface area contributed by atoms with Crippen LogP contribution in [0, 0.1) is 0 Å². The molecule has 0 radical (unpaired) electrons. The molecule has 0 heterocycles. The van der Waals surface area contributed by atoms with Crippen molar-refractivity contribution in [3.8, 4) is 0 Å². The van der Waals surface area contributed by atoms with Gasteiger partial charge < -0.3 is 15.7 Å². The van der Waals surface area contributed by atoms with Crippen molar-refractivity contribution in [2.45, 2.75) is 32.7 Å². The summed E-state index contributed by atoms with van der Waals surface area (Å²) in [6, 6.07) is -0.120. The number of carbonyl (C=O) groups is 1. The van der Waals surface area contributed by atoms with Gasteiger partial charge in [-0.3, -0.25) is 0 Å². The molecule has 0 fully saturated rings. The Bertz CT molecular complexity index is 181. The molecule has 0 aromatic carbocycles. The highest BCUT2D eigenvalue weighted by Gasteiger charge is 2.12. The zero-order valence-electron chi connectivity index (χ0n) is 9.80. The first kappa shape index (κ1) is 14.6. The molecule has 0 saturated carbocycles. The summed E-state index contributed by atoms with van der Waals surface area (Å²) in [7, 11) is 0. The molecule has 0 bridgehead atoms. The van der Waals surface area contributed by atoms with Crippen molar-refractivity contribution >= 4 is 17.8 Å². The highest BCUT2D eigenvalue weighted by Crippen LogP contribution is 2.00. The second-order valence-electron chi connectivity index (χ2n) is 4.32. The second kappa shape index (κ2) is 7.82. The zero-order chi connectivity index (χ0) is 11.7. The fourth-order valence-corrected chi connectivity index (χ4v) is 1.67. The summed E-state index contributed by atoms with van der Waals surface area (Å²) in [5.41, 5.74) is -0.186. The molecular weight excluding hydrogens is 212 g/mol. The van der Waals surface area contributed by atoms with Crippen LogP contribution in [0.4, 0.5) is 4.79 Å². The van der Waals surface area contributed by atoms with E-state index in [4.69, 9.17) is 5.11 Å². The van der Waals surface area contributed by atoms with Crippen molar-refractivity contribution in [1.29, 1.82) is 0 Å². The van der Waals surface area contributed by atoms with Gasteiger partial charge in [-0.05, 0) is 32.9 Å². The van der Waals surface area contributed by atoms with Crippen LogP contribution in [0.1, 0.15) is 27.2 Å². The lowest BCUT2D eigenvalue weighted by Crippen LogP contribution is -2.46. The molecule has 3 N–H and O–H groups in total. The smallest absolute Gasteiger partial charge is 0.315 e. The first-order chi connectivity index (χ1) is 6.95. The Morgan fingerprint density at radius 3 is 2.53 bits per heavy atom. The normalized spacial score (nSPS) is 11.2. The van der Waals surface area contributed by atoms with Crippen molar-refractivity contribution in [2.75, 3.05) is 24.7 Å². The number of aliphatic hydroxyl groups is 1. The third-order valence-electron chi connectivity index (χ3n) is 1.47. The Labute approximate surface area is 96.2 Å². The van der Waals surface area contributed by atoms with E-state index in [2.05, 4.69) is 10.6 Å². The first-order valence-electron chi connectivity index (χ1n) is 5.20. The highest BCUT2D eigenvalue weighted by atomic mass is 32.2. The second-order valence-corrected chi connectivity index (χ2v) is 5.55. The molecule has 0 aromatic rings. The maximum atomic E-state index is 11.3. The van der Waals surface area contributed by atoms with Gasteiger partial charge in [-0.1, -0.05) is 0 Å². The van der Waals surface area contributed by atoms with Crippen LogP contribution in [-0.4, -0.2) is 41.3 Å². The number of hydrogen-bond donors (Lipinski definition) is 3. The predicted molar refractivity (Wildman–Crippen MR) is 65.3 cm³/mol. The monoisotopic (exact) mass is 234 g/mol. The maximum Gasteiger partial charge on any atom is 0.315 e. The van der Waals surface area contributed by atoms with Gasteiger partial charge in [-0.15, -0.1) is 0 Å². The van der Waals surface area contributed by atoms with Gasteiger partial charge in [0.2, 0.25) is 0 Å². The van der Waals surface area contributed by atoms with Crippen LogP contribution in [0.2, 0.25) is 0 Å². The number of carbonyl (C=O) groups excluding carboxylic acids is 1. The lowest BCUT2D eigenvalue weighted by molar-refractivity contribution is 0.232. The lowest BCUT2D eigenvalue weighted by Gasteiger charge is -2.20. The van der Waals surface area contributed by atoms with Gasteiger partial charge in [0.25, 0.3) is 0 Å². The number of nitrogens with one attached hydrogen (secondary N) is 2. The zero-order valence-corrected chi connectivity index (χ0v) is 10.6. The van der Waals surface area contributed by atoms with Gasteiger partial charge >= 0.3 is 6.03 Å². The van der Waals surface area contributed by atoms with Crippen LogP contribution in [0.5, 0.6) is 0 Å². The molecule has 2 amide bonds. The molecule has 15 heavy (non-hydrogen) atoms. The van der Waals surface area contributed by atoms with E-state index in [0.717, 1.165) is 17.9 Å². The molecule has 5 heteroatoms. The van der Waals surface area contributed by atoms with E-state index in [9.17, 15) is 4.79 Å².